The third-order valence-corrected chi connectivity index (χ3v) is 2.73. The van der Waals surface area contributed by atoms with Gasteiger partial charge in [-0.25, -0.2) is 0 Å². The smallest absolute Gasteiger partial charge is 0.306 e. The van der Waals surface area contributed by atoms with E-state index in [1.807, 2.05) is 6.92 Å². The van der Waals surface area contributed by atoms with Gasteiger partial charge in [-0.1, -0.05) is 13.3 Å². The topological polar surface area (TPSA) is 26.3 Å². The molecule has 0 radical (unpaired) electrons. The first-order chi connectivity index (χ1) is 6.16. The normalized spacial score (nSPS) is 21.1. The molecule has 1 aliphatic rings. The van der Waals surface area contributed by atoms with Crippen LogP contribution in [0.3, 0.4) is 0 Å². The SMILES string of the molecule is CCCC(=O)OC1(C)CCCCC1. The lowest BCUT2D eigenvalue weighted by Gasteiger charge is -2.33. The molecule has 0 aromatic rings. The molecule has 76 valence electrons. The molecule has 1 saturated carbocycles. The van der Waals surface area contributed by atoms with Crippen LogP contribution in [-0.2, 0) is 9.53 Å². The number of esters is 1. The quantitative estimate of drug-likeness (QED) is 0.630. The van der Waals surface area contributed by atoms with Gasteiger partial charge in [-0.3, -0.25) is 4.79 Å². The first-order valence-electron chi connectivity index (χ1n) is 5.38. The minimum absolute atomic E-state index is 0.0214. The van der Waals surface area contributed by atoms with Gasteiger partial charge in [0.1, 0.15) is 5.60 Å². The average molecular weight is 184 g/mol. The van der Waals surface area contributed by atoms with Crippen molar-refractivity contribution in [3.8, 4) is 0 Å². The third kappa shape index (κ3) is 3.37. The first kappa shape index (κ1) is 10.6. The Morgan fingerprint density at radius 2 is 1.92 bits per heavy atom. The van der Waals surface area contributed by atoms with Crippen LogP contribution in [0.2, 0.25) is 0 Å². The Labute approximate surface area is 80.7 Å². The van der Waals surface area contributed by atoms with Crippen LogP contribution in [0.1, 0.15) is 58.8 Å². The molecule has 1 fully saturated rings. The number of ether oxygens (including phenoxy) is 1. The Kier molecular flexibility index (Phi) is 3.76. The van der Waals surface area contributed by atoms with Gasteiger partial charge in [-0.15, -0.1) is 0 Å². The Morgan fingerprint density at radius 1 is 1.31 bits per heavy atom. The Hall–Kier alpha value is -0.530. The summed E-state index contributed by atoms with van der Waals surface area (Å²) in [6.07, 6.45) is 7.24. The molecule has 0 aromatic carbocycles. The molecule has 0 amide bonds. The molecule has 0 spiro atoms. The van der Waals surface area contributed by atoms with Crippen molar-refractivity contribution < 1.29 is 9.53 Å². The standard InChI is InChI=1S/C11H20O2/c1-3-7-10(12)13-11(2)8-5-4-6-9-11/h3-9H2,1-2H3. The van der Waals surface area contributed by atoms with Gasteiger partial charge in [0.05, 0.1) is 0 Å². The van der Waals surface area contributed by atoms with Gasteiger partial charge in [0.2, 0.25) is 0 Å². The Bertz CT molecular complexity index is 169. The van der Waals surface area contributed by atoms with E-state index in [-0.39, 0.29) is 11.6 Å². The summed E-state index contributed by atoms with van der Waals surface area (Å²) in [7, 11) is 0. The number of hydrogen-bond donors (Lipinski definition) is 0. The van der Waals surface area contributed by atoms with Crippen LogP contribution in [0.25, 0.3) is 0 Å². The summed E-state index contributed by atoms with van der Waals surface area (Å²) < 4.78 is 5.48. The zero-order valence-corrected chi connectivity index (χ0v) is 8.77. The monoisotopic (exact) mass is 184 g/mol. The molecular weight excluding hydrogens is 164 g/mol. The van der Waals surface area contributed by atoms with Crippen LogP contribution in [0, 0.1) is 0 Å². The highest BCUT2D eigenvalue weighted by atomic mass is 16.6. The van der Waals surface area contributed by atoms with Crippen molar-refractivity contribution in [2.75, 3.05) is 0 Å². The van der Waals surface area contributed by atoms with Crippen molar-refractivity contribution in [3.05, 3.63) is 0 Å². The van der Waals surface area contributed by atoms with E-state index < -0.39 is 0 Å². The fraction of sp³-hybridized carbons (Fsp3) is 0.909. The predicted octanol–water partition coefficient (Wildman–Crippen LogP) is 3.05. The van der Waals surface area contributed by atoms with Crippen LogP contribution in [0.4, 0.5) is 0 Å². The van der Waals surface area contributed by atoms with Gasteiger partial charge in [-0.2, -0.15) is 0 Å². The highest BCUT2D eigenvalue weighted by molar-refractivity contribution is 5.69. The zero-order valence-electron chi connectivity index (χ0n) is 8.77. The van der Waals surface area contributed by atoms with E-state index in [0.29, 0.717) is 6.42 Å². The summed E-state index contributed by atoms with van der Waals surface area (Å²) >= 11 is 0. The Balaban J connectivity index is 2.36. The summed E-state index contributed by atoms with van der Waals surface area (Å²) in [6.45, 7) is 4.07. The van der Waals surface area contributed by atoms with Crippen LogP contribution in [0.5, 0.6) is 0 Å². The molecule has 0 atom stereocenters. The van der Waals surface area contributed by atoms with E-state index in [1.165, 1.54) is 19.3 Å². The Morgan fingerprint density at radius 3 is 2.46 bits per heavy atom. The highest BCUT2D eigenvalue weighted by Gasteiger charge is 2.30. The minimum Gasteiger partial charge on any atom is -0.459 e. The first-order valence-corrected chi connectivity index (χ1v) is 5.38. The molecule has 0 bridgehead atoms. The number of hydrogen-bond acceptors (Lipinski definition) is 2. The molecule has 1 aliphatic carbocycles. The molecule has 2 heteroatoms. The van der Waals surface area contributed by atoms with Crippen LogP contribution in [-0.4, -0.2) is 11.6 Å². The van der Waals surface area contributed by atoms with Crippen molar-refractivity contribution in [2.24, 2.45) is 0 Å². The van der Waals surface area contributed by atoms with Crippen molar-refractivity contribution in [1.82, 2.24) is 0 Å². The van der Waals surface area contributed by atoms with Crippen molar-refractivity contribution in [2.45, 2.75) is 64.4 Å². The minimum atomic E-state index is -0.148. The van der Waals surface area contributed by atoms with Gasteiger partial charge >= 0.3 is 5.97 Å². The summed E-state index contributed by atoms with van der Waals surface area (Å²) in [5.74, 6) is -0.0214. The lowest BCUT2D eigenvalue weighted by Crippen LogP contribution is -2.33. The molecule has 0 N–H and O–H groups in total. The molecule has 13 heavy (non-hydrogen) atoms. The largest absolute Gasteiger partial charge is 0.459 e. The molecule has 0 aromatic heterocycles. The molecule has 0 heterocycles. The molecule has 0 aliphatic heterocycles. The maximum absolute atomic E-state index is 11.3. The van der Waals surface area contributed by atoms with Crippen molar-refractivity contribution in [1.29, 1.82) is 0 Å². The second kappa shape index (κ2) is 4.64. The summed E-state index contributed by atoms with van der Waals surface area (Å²) in [6, 6.07) is 0. The van der Waals surface area contributed by atoms with Crippen molar-refractivity contribution in [3.63, 3.8) is 0 Å². The molecule has 2 nitrogen and oxygen atoms in total. The van der Waals surface area contributed by atoms with E-state index in [1.54, 1.807) is 0 Å². The second-order valence-electron chi connectivity index (χ2n) is 4.23. The zero-order chi connectivity index (χ0) is 9.73. The van der Waals surface area contributed by atoms with Gasteiger partial charge in [0, 0.05) is 6.42 Å². The summed E-state index contributed by atoms with van der Waals surface area (Å²) in [4.78, 5) is 11.3. The molecule has 0 saturated heterocycles. The second-order valence-corrected chi connectivity index (χ2v) is 4.23. The lowest BCUT2D eigenvalue weighted by atomic mass is 9.86. The maximum atomic E-state index is 11.3. The summed E-state index contributed by atoms with van der Waals surface area (Å²) in [5.41, 5.74) is -0.148. The van der Waals surface area contributed by atoms with Crippen LogP contribution in [0.15, 0.2) is 0 Å². The predicted molar refractivity (Wildman–Crippen MR) is 52.5 cm³/mol. The molecule has 1 rings (SSSR count). The van der Waals surface area contributed by atoms with E-state index in [9.17, 15) is 4.79 Å². The number of carbonyl (C=O) groups excluding carboxylic acids is 1. The number of rotatable bonds is 3. The van der Waals surface area contributed by atoms with Crippen LogP contribution < -0.4 is 0 Å². The maximum Gasteiger partial charge on any atom is 0.306 e. The lowest BCUT2D eigenvalue weighted by molar-refractivity contribution is -0.161. The van der Waals surface area contributed by atoms with Gasteiger partial charge < -0.3 is 4.74 Å². The third-order valence-electron chi connectivity index (χ3n) is 2.73. The van der Waals surface area contributed by atoms with Gasteiger partial charge in [-0.05, 0) is 39.0 Å². The van der Waals surface area contributed by atoms with Gasteiger partial charge in [0.15, 0.2) is 0 Å². The highest BCUT2D eigenvalue weighted by Crippen LogP contribution is 2.31. The molecule has 0 unspecified atom stereocenters. The van der Waals surface area contributed by atoms with E-state index in [0.717, 1.165) is 19.3 Å². The summed E-state index contributed by atoms with van der Waals surface area (Å²) in [5, 5.41) is 0. The van der Waals surface area contributed by atoms with E-state index >= 15 is 0 Å². The number of carbonyl (C=O) groups is 1. The van der Waals surface area contributed by atoms with Gasteiger partial charge in [0.25, 0.3) is 0 Å². The van der Waals surface area contributed by atoms with Crippen LogP contribution >= 0.6 is 0 Å². The molecular formula is C11H20O2. The fourth-order valence-electron chi connectivity index (χ4n) is 1.93. The van der Waals surface area contributed by atoms with Crippen molar-refractivity contribution >= 4 is 5.97 Å². The average Bonchev–Trinajstić information content (AvgIpc) is 2.04. The fourth-order valence-corrected chi connectivity index (χ4v) is 1.93. The van der Waals surface area contributed by atoms with E-state index in [4.69, 9.17) is 4.74 Å². The van der Waals surface area contributed by atoms with E-state index in [2.05, 4.69) is 6.92 Å².